The maximum absolute atomic E-state index is 11.3. The summed E-state index contributed by atoms with van der Waals surface area (Å²) < 4.78 is 0. The Kier molecular flexibility index (Phi) is 6.60. The maximum atomic E-state index is 11.3. The van der Waals surface area contributed by atoms with Gasteiger partial charge in [0.05, 0.1) is 0 Å². The van der Waals surface area contributed by atoms with Crippen LogP contribution in [-0.4, -0.2) is 15.6 Å². The van der Waals surface area contributed by atoms with Crippen molar-refractivity contribution in [2.75, 3.05) is 0 Å². The van der Waals surface area contributed by atoms with Crippen molar-refractivity contribution in [2.24, 2.45) is 0 Å². The van der Waals surface area contributed by atoms with E-state index in [1.165, 1.54) is 11.8 Å². The van der Waals surface area contributed by atoms with E-state index in [1.54, 1.807) is 6.92 Å². The monoisotopic (exact) mass is 218 g/mol. The zero-order chi connectivity index (χ0) is 10.4. The molecule has 0 aliphatic rings. The van der Waals surface area contributed by atoms with E-state index in [4.69, 9.17) is 0 Å². The van der Waals surface area contributed by atoms with Gasteiger partial charge in [-0.1, -0.05) is 32.2 Å². The van der Waals surface area contributed by atoms with E-state index in [9.17, 15) is 4.79 Å². The third-order valence-electron chi connectivity index (χ3n) is 1.73. The fourth-order valence-electron chi connectivity index (χ4n) is 0.881. The second kappa shape index (κ2) is 6.55. The predicted octanol–water partition coefficient (Wildman–Crippen LogP) is 3.31. The number of hydrogen-bond acceptors (Lipinski definition) is 3. The Balaban J connectivity index is 3.80. The molecule has 0 heterocycles. The zero-order valence-electron chi connectivity index (χ0n) is 8.54. The molecule has 0 bridgehead atoms. The standard InChI is InChI=1S/C10H18OS2/c1-5-9(12)6-8(4)13-10(11)7(2)3/h8-9,12H,2,5-6H2,1,3-4H3. The summed E-state index contributed by atoms with van der Waals surface area (Å²) in [7, 11) is 0. The van der Waals surface area contributed by atoms with Crippen molar-refractivity contribution in [3.8, 4) is 0 Å². The Morgan fingerprint density at radius 2 is 2.15 bits per heavy atom. The van der Waals surface area contributed by atoms with Crippen molar-refractivity contribution in [3.63, 3.8) is 0 Å². The summed E-state index contributed by atoms with van der Waals surface area (Å²) in [4.78, 5) is 11.3. The Hall–Kier alpha value is 0.110. The molecule has 0 amide bonds. The fourth-order valence-corrected chi connectivity index (χ4v) is 2.24. The van der Waals surface area contributed by atoms with E-state index in [-0.39, 0.29) is 5.12 Å². The Bertz CT molecular complexity index is 189. The lowest BCUT2D eigenvalue weighted by Gasteiger charge is -2.13. The van der Waals surface area contributed by atoms with Gasteiger partial charge >= 0.3 is 0 Å². The summed E-state index contributed by atoms with van der Waals surface area (Å²) in [6.45, 7) is 9.53. The van der Waals surface area contributed by atoms with E-state index >= 15 is 0 Å². The number of carbonyl (C=O) groups excluding carboxylic acids is 1. The van der Waals surface area contributed by atoms with Crippen LogP contribution in [0.25, 0.3) is 0 Å². The van der Waals surface area contributed by atoms with Crippen LogP contribution in [0, 0.1) is 0 Å². The lowest BCUT2D eigenvalue weighted by molar-refractivity contribution is -0.107. The first kappa shape index (κ1) is 13.1. The molecule has 0 rings (SSSR count). The molecule has 1 nitrogen and oxygen atoms in total. The molecule has 76 valence electrons. The van der Waals surface area contributed by atoms with Gasteiger partial charge in [0.25, 0.3) is 0 Å². The lowest BCUT2D eigenvalue weighted by Crippen LogP contribution is -2.09. The average Bonchev–Trinajstić information content (AvgIpc) is 2.03. The van der Waals surface area contributed by atoms with Crippen LogP contribution in [0.3, 0.4) is 0 Å². The number of thioether (sulfide) groups is 1. The fraction of sp³-hybridized carbons (Fsp3) is 0.700. The van der Waals surface area contributed by atoms with E-state index in [0.29, 0.717) is 16.1 Å². The minimum Gasteiger partial charge on any atom is -0.282 e. The topological polar surface area (TPSA) is 17.1 Å². The second-order valence-corrected chi connectivity index (χ2v) is 5.44. The van der Waals surface area contributed by atoms with Crippen LogP contribution in [0.5, 0.6) is 0 Å². The first-order valence-corrected chi connectivity index (χ1v) is 5.91. The molecular formula is C10H18OS2. The Morgan fingerprint density at radius 3 is 2.54 bits per heavy atom. The lowest BCUT2D eigenvalue weighted by atomic mass is 10.2. The van der Waals surface area contributed by atoms with Gasteiger partial charge in [-0.2, -0.15) is 12.6 Å². The van der Waals surface area contributed by atoms with Crippen molar-refractivity contribution in [1.29, 1.82) is 0 Å². The van der Waals surface area contributed by atoms with E-state index in [2.05, 4.69) is 33.1 Å². The summed E-state index contributed by atoms with van der Waals surface area (Å²) in [6.07, 6.45) is 2.03. The van der Waals surface area contributed by atoms with E-state index in [1.807, 2.05) is 0 Å². The highest BCUT2D eigenvalue weighted by Gasteiger charge is 2.13. The highest BCUT2D eigenvalue weighted by atomic mass is 32.2. The maximum Gasteiger partial charge on any atom is 0.214 e. The highest BCUT2D eigenvalue weighted by Crippen LogP contribution is 2.22. The first-order chi connectivity index (χ1) is 5.97. The molecule has 0 N–H and O–H groups in total. The molecule has 0 aliphatic heterocycles. The molecular weight excluding hydrogens is 200 g/mol. The molecule has 0 aromatic carbocycles. The van der Waals surface area contributed by atoms with E-state index < -0.39 is 0 Å². The minimum atomic E-state index is 0.101. The van der Waals surface area contributed by atoms with Crippen LogP contribution in [0.1, 0.15) is 33.6 Å². The molecule has 0 aromatic heterocycles. The molecule has 13 heavy (non-hydrogen) atoms. The summed E-state index contributed by atoms with van der Waals surface area (Å²) >= 11 is 5.76. The third kappa shape index (κ3) is 6.22. The number of carbonyl (C=O) groups is 1. The van der Waals surface area contributed by atoms with Gasteiger partial charge in [0, 0.05) is 10.5 Å². The van der Waals surface area contributed by atoms with Crippen molar-refractivity contribution in [1.82, 2.24) is 0 Å². The Morgan fingerprint density at radius 1 is 1.62 bits per heavy atom. The number of thiol groups is 1. The SMILES string of the molecule is C=C(C)C(=O)SC(C)CC(S)CC. The predicted molar refractivity (Wildman–Crippen MR) is 64.6 cm³/mol. The molecule has 0 aliphatic carbocycles. The molecule has 3 heteroatoms. The molecule has 0 fully saturated rings. The van der Waals surface area contributed by atoms with Crippen LogP contribution in [0.15, 0.2) is 12.2 Å². The summed E-state index contributed by atoms with van der Waals surface area (Å²) in [5.74, 6) is 0. The molecule has 0 spiro atoms. The number of hydrogen-bond donors (Lipinski definition) is 1. The summed E-state index contributed by atoms with van der Waals surface area (Å²) in [5.41, 5.74) is 0.629. The van der Waals surface area contributed by atoms with Gasteiger partial charge in [-0.25, -0.2) is 0 Å². The molecule has 0 radical (unpaired) electrons. The molecule has 0 saturated carbocycles. The van der Waals surface area contributed by atoms with E-state index in [0.717, 1.165) is 12.8 Å². The average molecular weight is 218 g/mol. The quantitative estimate of drug-likeness (QED) is 0.563. The largest absolute Gasteiger partial charge is 0.282 e. The van der Waals surface area contributed by atoms with Gasteiger partial charge < -0.3 is 0 Å². The van der Waals surface area contributed by atoms with Crippen LogP contribution < -0.4 is 0 Å². The normalized spacial score (nSPS) is 15.1. The van der Waals surface area contributed by atoms with Crippen molar-refractivity contribution in [3.05, 3.63) is 12.2 Å². The summed E-state index contributed by atoms with van der Waals surface area (Å²) in [6, 6.07) is 0. The summed E-state index contributed by atoms with van der Waals surface area (Å²) in [5, 5.41) is 0.844. The van der Waals surface area contributed by atoms with Crippen molar-refractivity contribution >= 4 is 29.5 Å². The van der Waals surface area contributed by atoms with Crippen LogP contribution in [0.2, 0.25) is 0 Å². The van der Waals surface area contributed by atoms with Gasteiger partial charge in [0.1, 0.15) is 0 Å². The number of rotatable bonds is 5. The smallest absolute Gasteiger partial charge is 0.214 e. The first-order valence-electron chi connectivity index (χ1n) is 4.51. The van der Waals surface area contributed by atoms with Crippen LogP contribution in [0.4, 0.5) is 0 Å². The van der Waals surface area contributed by atoms with Crippen LogP contribution >= 0.6 is 24.4 Å². The van der Waals surface area contributed by atoms with Gasteiger partial charge in [0.15, 0.2) is 0 Å². The van der Waals surface area contributed by atoms with Gasteiger partial charge in [0.2, 0.25) is 5.12 Å². The molecule has 0 saturated heterocycles. The third-order valence-corrected chi connectivity index (χ3v) is 3.47. The molecule has 2 unspecified atom stereocenters. The highest BCUT2D eigenvalue weighted by molar-refractivity contribution is 8.14. The van der Waals surface area contributed by atoms with Crippen LogP contribution in [-0.2, 0) is 4.79 Å². The van der Waals surface area contributed by atoms with Crippen molar-refractivity contribution < 1.29 is 4.79 Å². The van der Waals surface area contributed by atoms with Gasteiger partial charge in [-0.15, -0.1) is 0 Å². The Labute approximate surface area is 90.8 Å². The van der Waals surface area contributed by atoms with Gasteiger partial charge in [-0.3, -0.25) is 4.79 Å². The molecule has 2 atom stereocenters. The van der Waals surface area contributed by atoms with Crippen molar-refractivity contribution in [2.45, 2.75) is 44.1 Å². The second-order valence-electron chi connectivity index (χ2n) is 3.29. The minimum absolute atomic E-state index is 0.101. The molecule has 0 aromatic rings. The van der Waals surface area contributed by atoms with Gasteiger partial charge in [-0.05, 0) is 25.3 Å². The zero-order valence-corrected chi connectivity index (χ0v) is 10.3.